The van der Waals surface area contributed by atoms with Gasteiger partial charge in [0.05, 0.1) is 0 Å². The molecule has 0 aliphatic rings. The molecule has 1 N–H and O–H groups in total. The molecule has 0 saturated carbocycles. The summed E-state index contributed by atoms with van der Waals surface area (Å²) in [5.74, 6) is 0.102. The maximum atomic E-state index is 10.1. The van der Waals surface area contributed by atoms with Gasteiger partial charge in [0, 0.05) is 18.1 Å². The number of fused-ring (bicyclic) bond motifs is 1. The summed E-state index contributed by atoms with van der Waals surface area (Å²) in [6, 6.07) is 20.9. The lowest BCUT2D eigenvalue weighted by atomic mass is 10.1. The minimum Gasteiger partial charge on any atom is -0.506 e. The first-order chi connectivity index (χ1) is 10.8. The van der Waals surface area contributed by atoms with Gasteiger partial charge in [0.25, 0.3) is 0 Å². The van der Waals surface area contributed by atoms with Gasteiger partial charge in [0.1, 0.15) is 11.4 Å². The van der Waals surface area contributed by atoms with Crippen LogP contribution in [-0.4, -0.2) is 12.2 Å². The van der Waals surface area contributed by atoms with Gasteiger partial charge in [-0.1, -0.05) is 60.7 Å². The number of hydrogen-bond donors (Lipinski definition) is 1. The Bertz CT molecular complexity index is 801. The van der Waals surface area contributed by atoms with E-state index in [0.717, 1.165) is 16.3 Å². The van der Waals surface area contributed by atoms with Crippen LogP contribution in [0, 0.1) is 0 Å². The summed E-state index contributed by atoms with van der Waals surface area (Å²) in [6.45, 7) is 0. The number of hydrogen-bond acceptors (Lipinski definition) is 4. The van der Waals surface area contributed by atoms with Crippen LogP contribution in [0.25, 0.3) is 10.8 Å². The topological polar surface area (TPSA) is 54.2 Å². The Labute approximate surface area is 128 Å². The highest BCUT2D eigenvalue weighted by Gasteiger charge is 2.10. The lowest BCUT2D eigenvalue weighted by Crippen LogP contribution is -1.96. The van der Waals surface area contributed by atoms with E-state index in [2.05, 4.69) is 10.2 Å². The third-order valence-corrected chi connectivity index (χ3v) is 3.45. The maximum Gasteiger partial charge on any atom is 0.194 e. The highest BCUT2D eigenvalue weighted by Crippen LogP contribution is 2.36. The zero-order valence-corrected chi connectivity index (χ0v) is 12.2. The number of nitrogens with zero attached hydrogens (tertiary/aromatic N) is 2. The van der Waals surface area contributed by atoms with E-state index in [1.54, 1.807) is 13.2 Å². The fraction of sp³-hybridized carbons (Fsp3) is 0.111. The van der Waals surface area contributed by atoms with Crippen molar-refractivity contribution in [3.8, 4) is 5.75 Å². The molecule has 0 aliphatic heterocycles. The van der Waals surface area contributed by atoms with Gasteiger partial charge in [-0.05, 0) is 11.5 Å². The molecule has 1 atom stereocenters. The molecule has 110 valence electrons. The fourth-order valence-electron chi connectivity index (χ4n) is 2.33. The molecule has 3 aromatic carbocycles. The third-order valence-electron chi connectivity index (χ3n) is 3.45. The largest absolute Gasteiger partial charge is 0.506 e. The molecule has 0 aliphatic carbocycles. The predicted molar refractivity (Wildman–Crippen MR) is 86.3 cm³/mol. The number of benzene rings is 3. The molecule has 4 nitrogen and oxygen atoms in total. The van der Waals surface area contributed by atoms with Crippen molar-refractivity contribution >= 4 is 16.5 Å². The van der Waals surface area contributed by atoms with Crippen LogP contribution in [0.3, 0.4) is 0 Å². The van der Waals surface area contributed by atoms with Gasteiger partial charge in [-0.3, -0.25) is 0 Å². The van der Waals surface area contributed by atoms with E-state index in [-0.39, 0.29) is 5.75 Å². The van der Waals surface area contributed by atoms with Crippen LogP contribution in [0.5, 0.6) is 5.75 Å². The standard InChI is InChI=1S/C18H16N2O2/c1-22-18(14-8-3-2-4-9-14)20-19-17-15-10-6-5-7-13(15)11-12-16(17)21/h2-12,18,21H,1H3. The molecule has 0 heterocycles. The van der Waals surface area contributed by atoms with Crippen LogP contribution >= 0.6 is 0 Å². The zero-order valence-electron chi connectivity index (χ0n) is 12.2. The van der Waals surface area contributed by atoms with Crippen molar-refractivity contribution in [1.29, 1.82) is 0 Å². The van der Waals surface area contributed by atoms with E-state index in [4.69, 9.17) is 4.74 Å². The van der Waals surface area contributed by atoms with Crippen molar-refractivity contribution < 1.29 is 9.84 Å². The Balaban J connectivity index is 2.00. The van der Waals surface area contributed by atoms with Crippen molar-refractivity contribution in [2.75, 3.05) is 7.11 Å². The highest BCUT2D eigenvalue weighted by atomic mass is 16.5. The Hall–Kier alpha value is -2.72. The quantitative estimate of drug-likeness (QED) is 0.690. The number of phenols is 1. The minimum atomic E-state index is -0.500. The van der Waals surface area contributed by atoms with Crippen molar-refractivity contribution in [3.63, 3.8) is 0 Å². The predicted octanol–water partition coefficient (Wildman–Crippen LogP) is 4.97. The average Bonchev–Trinajstić information content (AvgIpc) is 2.58. The molecule has 0 saturated heterocycles. The molecule has 3 aromatic rings. The summed E-state index contributed by atoms with van der Waals surface area (Å²) >= 11 is 0. The Morgan fingerprint density at radius 3 is 2.41 bits per heavy atom. The second-order valence-corrected chi connectivity index (χ2v) is 4.87. The van der Waals surface area contributed by atoms with Gasteiger partial charge in [-0.25, -0.2) is 0 Å². The zero-order chi connectivity index (χ0) is 15.4. The highest BCUT2D eigenvalue weighted by molar-refractivity contribution is 5.95. The second kappa shape index (κ2) is 6.37. The Kier molecular flexibility index (Phi) is 4.12. The Morgan fingerprint density at radius 1 is 0.909 bits per heavy atom. The number of azo groups is 1. The van der Waals surface area contributed by atoms with Gasteiger partial charge in [-0.2, -0.15) is 5.11 Å². The summed E-state index contributed by atoms with van der Waals surface area (Å²) < 4.78 is 5.37. The molecular formula is C18H16N2O2. The number of aromatic hydroxyl groups is 1. The molecule has 0 amide bonds. The van der Waals surface area contributed by atoms with Crippen LogP contribution in [0.1, 0.15) is 11.8 Å². The minimum absolute atomic E-state index is 0.102. The van der Waals surface area contributed by atoms with Crippen LogP contribution in [0.15, 0.2) is 77.0 Å². The van der Waals surface area contributed by atoms with Crippen LogP contribution in [0.2, 0.25) is 0 Å². The first-order valence-electron chi connectivity index (χ1n) is 6.99. The number of methoxy groups -OCH3 is 1. The maximum absolute atomic E-state index is 10.1. The summed E-state index contributed by atoms with van der Waals surface area (Å²) in [5.41, 5.74) is 1.37. The number of phenolic OH excluding ortho intramolecular Hbond substituents is 1. The lowest BCUT2D eigenvalue weighted by Gasteiger charge is -2.10. The average molecular weight is 292 g/mol. The molecule has 4 heteroatoms. The first kappa shape index (κ1) is 14.2. The van der Waals surface area contributed by atoms with Crippen LogP contribution in [-0.2, 0) is 4.74 Å². The molecule has 22 heavy (non-hydrogen) atoms. The van der Waals surface area contributed by atoms with E-state index in [9.17, 15) is 5.11 Å². The van der Waals surface area contributed by atoms with Gasteiger partial charge in [0.2, 0.25) is 0 Å². The van der Waals surface area contributed by atoms with Crippen molar-refractivity contribution in [1.82, 2.24) is 0 Å². The first-order valence-corrected chi connectivity index (χ1v) is 6.99. The molecule has 0 fully saturated rings. The van der Waals surface area contributed by atoms with Gasteiger partial charge in [0.15, 0.2) is 6.23 Å². The normalized spacial score (nSPS) is 12.8. The van der Waals surface area contributed by atoms with Crippen molar-refractivity contribution in [3.05, 3.63) is 72.3 Å². The smallest absolute Gasteiger partial charge is 0.194 e. The summed E-state index contributed by atoms with van der Waals surface area (Å²) in [5, 5.41) is 20.4. The molecule has 0 bridgehead atoms. The van der Waals surface area contributed by atoms with E-state index < -0.39 is 6.23 Å². The van der Waals surface area contributed by atoms with E-state index >= 15 is 0 Å². The lowest BCUT2D eigenvalue weighted by molar-refractivity contribution is 0.105. The van der Waals surface area contributed by atoms with Crippen molar-refractivity contribution in [2.24, 2.45) is 10.2 Å². The molecule has 0 spiro atoms. The SMILES string of the molecule is COC(N=Nc1c(O)ccc2ccccc12)c1ccccc1. The monoisotopic (exact) mass is 292 g/mol. The third kappa shape index (κ3) is 2.82. The summed E-state index contributed by atoms with van der Waals surface area (Å²) in [4.78, 5) is 0. The van der Waals surface area contributed by atoms with E-state index in [1.807, 2.05) is 60.7 Å². The molecule has 0 radical (unpaired) electrons. The van der Waals surface area contributed by atoms with E-state index in [0.29, 0.717) is 5.69 Å². The van der Waals surface area contributed by atoms with Gasteiger partial charge >= 0.3 is 0 Å². The van der Waals surface area contributed by atoms with Gasteiger partial charge in [-0.15, -0.1) is 5.11 Å². The van der Waals surface area contributed by atoms with Gasteiger partial charge < -0.3 is 9.84 Å². The molecular weight excluding hydrogens is 276 g/mol. The fourth-order valence-corrected chi connectivity index (χ4v) is 2.33. The Morgan fingerprint density at radius 2 is 1.64 bits per heavy atom. The molecule has 1 unspecified atom stereocenters. The van der Waals surface area contributed by atoms with Crippen molar-refractivity contribution in [2.45, 2.75) is 6.23 Å². The number of ether oxygens (including phenoxy) is 1. The molecule has 3 rings (SSSR count). The summed E-state index contributed by atoms with van der Waals surface area (Å²) in [6.07, 6.45) is -0.500. The van der Waals surface area contributed by atoms with E-state index in [1.165, 1.54) is 0 Å². The number of rotatable bonds is 4. The second-order valence-electron chi connectivity index (χ2n) is 4.87. The molecule has 0 aromatic heterocycles. The summed E-state index contributed by atoms with van der Waals surface area (Å²) in [7, 11) is 1.58. The van der Waals surface area contributed by atoms with Crippen LogP contribution in [0.4, 0.5) is 5.69 Å². The van der Waals surface area contributed by atoms with Crippen LogP contribution < -0.4 is 0 Å².